The molecule has 0 aromatic heterocycles. The minimum atomic E-state index is -1.04. The van der Waals surface area contributed by atoms with Gasteiger partial charge in [-0.05, 0) is 25.7 Å². The number of hydrogen-bond donors (Lipinski definition) is 4. The summed E-state index contributed by atoms with van der Waals surface area (Å²) in [5.41, 5.74) is 5.58. The highest BCUT2D eigenvalue weighted by Gasteiger charge is 2.20. The van der Waals surface area contributed by atoms with Gasteiger partial charge in [0.05, 0.1) is 6.10 Å². The van der Waals surface area contributed by atoms with Gasteiger partial charge in [0.1, 0.15) is 6.04 Å². The maximum Gasteiger partial charge on any atom is 0.321 e. The van der Waals surface area contributed by atoms with Crippen molar-refractivity contribution in [3.63, 3.8) is 0 Å². The number of aliphatic carboxylic acids is 2. The normalized spacial score (nSPS) is 15.4. The van der Waals surface area contributed by atoms with Gasteiger partial charge in [0.2, 0.25) is 0 Å². The molecule has 0 fully saturated rings. The zero-order chi connectivity index (χ0) is 22.6. The molecule has 0 unspecified atom stereocenters. The van der Waals surface area contributed by atoms with Crippen LogP contribution in [0, 0.1) is 0 Å². The smallest absolute Gasteiger partial charge is 0.321 e. The Labute approximate surface area is 184 Å². The van der Waals surface area contributed by atoms with E-state index in [1.54, 1.807) is 0 Å². The molecule has 5 N–H and O–H groups in total. The van der Waals surface area contributed by atoms with Crippen molar-refractivity contribution in [2.24, 2.45) is 5.73 Å². The first kappa shape index (κ1) is 28.2. The minimum absolute atomic E-state index is 0.198. The molecule has 0 radical (unpaired) electrons. The molecule has 0 aliphatic carbocycles. The largest absolute Gasteiger partial charge is 0.481 e. The highest BCUT2D eigenvalue weighted by Crippen LogP contribution is 2.21. The SMILES string of the molecule is CCCCC[C@H](O)[C@@H](/C=C/C=C\C=C\C/C=C\CCCC(=O)O)SC[C@@H](N)C(=O)O. The Balaban J connectivity index is 4.42. The predicted octanol–water partition coefficient (Wildman–Crippen LogP) is 4.31. The maximum absolute atomic E-state index is 10.9. The molecule has 0 amide bonds. The highest BCUT2D eigenvalue weighted by atomic mass is 32.2. The molecular formula is C23H37NO5S. The summed E-state index contributed by atoms with van der Waals surface area (Å²) in [6.45, 7) is 2.11. The van der Waals surface area contributed by atoms with E-state index in [-0.39, 0.29) is 17.4 Å². The average molecular weight is 440 g/mol. The molecule has 3 atom stereocenters. The molecule has 0 spiro atoms. The Bertz CT molecular complexity index is 586. The number of thioether (sulfide) groups is 1. The number of unbranched alkanes of at least 4 members (excludes halogenated alkanes) is 3. The number of rotatable bonds is 18. The van der Waals surface area contributed by atoms with Crippen LogP contribution in [0.25, 0.3) is 0 Å². The number of aliphatic hydroxyl groups is 1. The first-order valence-electron chi connectivity index (χ1n) is 10.5. The van der Waals surface area contributed by atoms with Crippen molar-refractivity contribution in [2.75, 3.05) is 5.75 Å². The molecule has 170 valence electrons. The molecule has 6 nitrogen and oxygen atoms in total. The standard InChI is InChI=1S/C23H37NO5S/c1-2-3-12-15-20(25)21(30-18-19(24)23(28)29)16-13-10-8-6-4-5-7-9-11-14-17-22(26)27/h4,6-10,13,16,19-21,25H,2-3,5,11-12,14-15,17-18,24H2,1H3,(H,26,27)(H,28,29)/b6-4+,9-7-,10-8-,16-13+/t19-,20+,21-/m1/s1. The van der Waals surface area contributed by atoms with Crippen LogP contribution in [0.15, 0.2) is 48.6 Å². The van der Waals surface area contributed by atoms with E-state index in [2.05, 4.69) is 6.92 Å². The summed E-state index contributed by atoms with van der Waals surface area (Å²) in [6, 6.07) is -0.940. The van der Waals surface area contributed by atoms with Crippen molar-refractivity contribution in [1.29, 1.82) is 0 Å². The average Bonchev–Trinajstić information content (AvgIpc) is 2.70. The van der Waals surface area contributed by atoms with E-state index in [0.29, 0.717) is 12.8 Å². The summed E-state index contributed by atoms with van der Waals surface area (Å²) in [6.07, 6.45) is 21.1. The lowest BCUT2D eigenvalue weighted by atomic mass is 10.1. The van der Waals surface area contributed by atoms with Crippen molar-refractivity contribution in [3.8, 4) is 0 Å². The number of carboxylic acids is 2. The number of aliphatic hydroxyl groups excluding tert-OH is 1. The van der Waals surface area contributed by atoms with Gasteiger partial charge in [0, 0.05) is 17.4 Å². The lowest BCUT2D eigenvalue weighted by molar-refractivity contribution is -0.138. The van der Waals surface area contributed by atoms with E-state index < -0.39 is 24.1 Å². The minimum Gasteiger partial charge on any atom is -0.481 e. The van der Waals surface area contributed by atoms with Crippen LogP contribution >= 0.6 is 11.8 Å². The van der Waals surface area contributed by atoms with Crippen LogP contribution in [0.3, 0.4) is 0 Å². The summed E-state index contributed by atoms with van der Waals surface area (Å²) in [5, 5.41) is 27.7. The van der Waals surface area contributed by atoms with E-state index >= 15 is 0 Å². The fraction of sp³-hybridized carbons (Fsp3) is 0.565. The number of hydrogen-bond acceptors (Lipinski definition) is 5. The third kappa shape index (κ3) is 17.1. The van der Waals surface area contributed by atoms with Crippen LogP contribution in [0.5, 0.6) is 0 Å². The second-order valence-electron chi connectivity index (χ2n) is 7.00. The zero-order valence-electron chi connectivity index (χ0n) is 17.9. The molecule has 0 aliphatic rings. The fourth-order valence-corrected chi connectivity index (χ4v) is 3.60. The van der Waals surface area contributed by atoms with Crippen molar-refractivity contribution >= 4 is 23.7 Å². The Kier molecular flexibility index (Phi) is 18.0. The van der Waals surface area contributed by atoms with E-state index in [1.807, 2.05) is 48.6 Å². The molecule has 7 heteroatoms. The summed E-state index contributed by atoms with van der Waals surface area (Å²) < 4.78 is 0. The van der Waals surface area contributed by atoms with Gasteiger partial charge < -0.3 is 21.1 Å². The number of carboxylic acid groups (broad SMARTS) is 2. The Morgan fingerprint density at radius 1 is 1.00 bits per heavy atom. The predicted molar refractivity (Wildman–Crippen MR) is 125 cm³/mol. The molecule has 0 rings (SSSR count). The molecule has 30 heavy (non-hydrogen) atoms. The van der Waals surface area contributed by atoms with Gasteiger partial charge in [0.25, 0.3) is 0 Å². The van der Waals surface area contributed by atoms with Crippen molar-refractivity contribution in [3.05, 3.63) is 48.6 Å². The molecule has 0 saturated carbocycles. The van der Waals surface area contributed by atoms with Gasteiger partial charge in [-0.15, -0.1) is 11.8 Å². The van der Waals surface area contributed by atoms with Crippen molar-refractivity contribution < 1.29 is 24.9 Å². The Morgan fingerprint density at radius 2 is 1.73 bits per heavy atom. The quantitative estimate of drug-likeness (QED) is 0.143. The number of allylic oxidation sites excluding steroid dienone is 7. The first-order chi connectivity index (χ1) is 14.4. The monoisotopic (exact) mass is 439 g/mol. The van der Waals surface area contributed by atoms with Crippen LogP contribution in [0.1, 0.15) is 58.3 Å². The number of nitrogens with two attached hydrogens (primary N) is 1. The topological polar surface area (TPSA) is 121 Å². The second-order valence-corrected chi connectivity index (χ2v) is 8.21. The summed E-state index contributed by atoms with van der Waals surface area (Å²) >= 11 is 1.37. The third-order valence-electron chi connectivity index (χ3n) is 4.24. The first-order valence-corrected chi connectivity index (χ1v) is 11.6. The van der Waals surface area contributed by atoms with E-state index in [9.17, 15) is 14.7 Å². The molecule has 0 bridgehead atoms. The van der Waals surface area contributed by atoms with Gasteiger partial charge in [-0.3, -0.25) is 9.59 Å². The number of carbonyl (C=O) groups is 2. The molecule has 0 aromatic carbocycles. The third-order valence-corrected chi connectivity index (χ3v) is 5.65. The van der Waals surface area contributed by atoms with E-state index in [0.717, 1.165) is 32.1 Å². The van der Waals surface area contributed by atoms with Crippen LogP contribution in [0.2, 0.25) is 0 Å². The lowest BCUT2D eigenvalue weighted by Crippen LogP contribution is -2.34. The van der Waals surface area contributed by atoms with E-state index in [4.69, 9.17) is 15.9 Å². The highest BCUT2D eigenvalue weighted by molar-refractivity contribution is 8.00. The van der Waals surface area contributed by atoms with Crippen LogP contribution < -0.4 is 5.73 Å². The van der Waals surface area contributed by atoms with Gasteiger partial charge in [-0.1, -0.05) is 74.8 Å². The van der Waals surface area contributed by atoms with E-state index in [1.165, 1.54) is 11.8 Å². The van der Waals surface area contributed by atoms with Crippen LogP contribution in [-0.4, -0.2) is 50.4 Å². The molecular weight excluding hydrogens is 402 g/mol. The second kappa shape index (κ2) is 19.2. The van der Waals surface area contributed by atoms with Gasteiger partial charge >= 0.3 is 11.9 Å². The Morgan fingerprint density at radius 3 is 2.40 bits per heavy atom. The summed E-state index contributed by atoms with van der Waals surface area (Å²) in [5.74, 6) is -1.55. The van der Waals surface area contributed by atoms with Crippen molar-refractivity contribution in [1.82, 2.24) is 0 Å². The summed E-state index contributed by atoms with van der Waals surface area (Å²) in [4.78, 5) is 21.3. The molecule has 0 aromatic rings. The molecule has 0 aliphatic heterocycles. The van der Waals surface area contributed by atoms with Crippen molar-refractivity contribution in [2.45, 2.75) is 75.7 Å². The van der Waals surface area contributed by atoms with Crippen LogP contribution in [-0.2, 0) is 9.59 Å². The summed E-state index contributed by atoms with van der Waals surface area (Å²) in [7, 11) is 0. The Hall–Kier alpha value is -1.83. The maximum atomic E-state index is 10.9. The van der Waals surface area contributed by atoms with Gasteiger partial charge in [-0.2, -0.15) is 0 Å². The van der Waals surface area contributed by atoms with Crippen LogP contribution in [0.4, 0.5) is 0 Å². The fourth-order valence-electron chi connectivity index (χ4n) is 2.47. The van der Waals surface area contributed by atoms with Gasteiger partial charge in [0.15, 0.2) is 0 Å². The van der Waals surface area contributed by atoms with Gasteiger partial charge in [-0.25, -0.2) is 0 Å². The zero-order valence-corrected chi connectivity index (χ0v) is 18.7. The lowest BCUT2D eigenvalue weighted by Gasteiger charge is -2.20. The molecule has 0 saturated heterocycles. The molecule has 0 heterocycles.